The van der Waals surface area contributed by atoms with Crippen molar-refractivity contribution in [3.63, 3.8) is 0 Å². The number of benzene rings is 1. The van der Waals surface area contributed by atoms with Gasteiger partial charge in [-0.1, -0.05) is 37.6 Å². The predicted molar refractivity (Wildman–Crippen MR) is 58.3 cm³/mol. The van der Waals surface area contributed by atoms with Gasteiger partial charge in [0.2, 0.25) is 0 Å². The van der Waals surface area contributed by atoms with E-state index in [4.69, 9.17) is 11.6 Å². The van der Waals surface area contributed by atoms with Crippen LogP contribution in [0.25, 0.3) is 0 Å². The van der Waals surface area contributed by atoms with Gasteiger partial charge in [-0.15, -0.1) is 0 Å². The van der Waals surface area contributed by atoms with Gasteiger partial charge in [0.05, 0.1) is 0 Å². The highest BCUT2D eigenvalue weighted by atomic mass is 35.5. The zero-order valence-corrected chi connectivity index (χ0v) is 8.93. The highest BCUT2D eigenvalue weighted by Crippen LogP contribution is 2.10. The van der Waals surface area contributed by atoms with Crippen molar-refractivity contribution in [3.05, 3.63) is 34.9 Å². The van der Waals surface area contributed by atoms with Crippen LogP contribution in [-0.4, -0.2) is 12.6 Å². The molecule has 1 aromatic carbocycles. The molecule has 0 saturated carbocycles. The zero-order chi connectivity index (χ0) is 9.68. The molecule has 0 fully saturated rings. The van der Waals surface area contributed by atoms with Gasteiger partial charge in [-0.2, -0.15) is 0 Å². The fourth-order valence-electron chi connectivity index (χ4n) is 1.20. The smallest absolute Gasteiger partial charge is 0.0408 e. The Morgan fingerprint density at radius 3 is 2.77 bits per heavy atom. The highest BCUT2D eigenvalue weighted by Gasteiger charge is 1.95. The third-order valence-electron chi connectivity index (χ3n) is 1.86. The Morgan fingerprint density at radius 2 is 2.15 bits per heavy atom. The Hall–Kier alpha value is -0.530. The third kappa shape index (κ3) is 4.30. The summed E-state index contributed by atoms with van der Waals surface area (Å²) in [5, 5.41) is 4.19. The van der Waals surface area contributed by atoms with Crippen LogP contribution in [-0.2, 0) is 6.42 Å². The Labute approximate surface area is 85.1 Å². The van der Waals surface area contributed by atoms with Crippen LogP contribution < -0.4 is 5.32 Å². The zero-order valence-electron chi connectivity index (χ0n) is 8.18. The molecular formula is C11H16ClN. The Bertz CT molecular complexity index is 258. The van der Waals surface area contributed by atoms with E-state index in [0.29, 0.717) is 6.04 Å². The molecule has 13 heavy (non-hydrogen) atoms. The number of hydrogen-bond donors (Lipinski definition) is 1. The second kappa shape index (κ2) is 5.25. The van der Waals surface area contributed by atoms with Gasteiger partial charge in [-0.25, -0.2) is 0 Å². The molecule has 0 bridgehead atoms. The third-order valence-corrected chi connectivity index (χ3v) is 2.09. The first-order valence-corrected chi connectivity index (χ1v) is 5.04. The van der Waals surface area contributed by atoms with Crippen LogP contribution in [0.15, 0.2) is 24.3 Å². The Kier molecular flexibility index (Phi) is 4.26. The van der Waals surface area contributed by atoms with Crippen LogP contribution in [0, 0.1) is 0 Å². The minimum absolute atomic E-state index is 0.555. The van der Waals surface area contributed by atoms with Gasteiger partial charge in [-0.05, 0) is 30.7 Å². The molecule has 0 radical (unpaired) electrons. The summed E-state index contributed by atoms with van der Waals surface area (Å²) in [6.45, 7) is 5.31. The maximum atomic E-state index is 5.87. The molecule has 0 aromatic heterocycles. The van der Waals surface area contributed by atoms with Gasteiger partial charge in [0.1, 0.15) is 0 Å². The molecule has 0 aliphatic rings. The summed E-state index contributed by atoms with van der Waals surface area (Å²) in [7, 11) is 0. The lowest BCUT2D eigenvalue weighted by molar-refractivity contribution is 0.590. The molecule has 0 unspecified atom stereocenters. The van der Waals surface area contributed by atoms with Crippen LogP contribution in [0.2, 0.25) is 5.02 Å². The monoisotopic (exact) mass is 197 g/mol. The number of nitrogens with one attached hydrogen (secondary N) is 1. The summed E-state index contributed by atoms with van der Waals surface area (Å²) in [6.07, 6.45) is 1.04. The quantitative estimate of drug-likeness (QED) is 0.783. The van der Waals surface area contributed by atoms with Gasteiger partial charge in [-0.3, -0.25) is 0 Å². The van der Waals surface area contributed by atoms with Crippen LogP contribution in [0.1, 0.15) is 19.4 Å². The van der Waals surface area contributed by atoms with Crippen molar-refractivity contribution >= 4 is 11.6 Å². The fourth-order valence-corrected chi connectivity index (χ4v) is 1.41. The summed E-state index contributed by atoms with van der Waals surface area (Å²) in [4.78, 5) is 0. The summed E-state index contributed by atoms with van der Waals surface area (Å²) in [5.41, 5.74) is 1.29. The van der Waals surface area contributed by atoms with Gasteiger partial charge >= 0.3 is 0 Å². The molecular weight excluding hydrogens is 182 g/mol. The van der Waals surface area contributed by atoms with Gasteiger partial charge < -0.3 is 5.32 Å². The van der Waals surface area contributed by atoms with Crippen molar-refractivity contribution in [2.45, 2.75) is 26.3 Å². The summed E-state index contributed by atoms with van der Waals surface area (Å²) < 4.78 is 0. The molecule has 2 heteroatoms. The van der Waals surface area contributed by atoms with Crippen molar-refractivity contribution in [1.82, 2.24) is 5.32 Å². The second-order valence-electron chi connectivity index (χ2n) is 3.49. The van der Waals surface area contributed by atoms with E-state index in [1.54, 1.807) is 0 Å². The molecule has 0 atom stereocenters. The second-order valence-corrected chi connectivity index (χ2v) is 3.93. The lowest BCUT2D eigenvalue weighted by Gasteiger charge is -2.07. The van der Waals surface area contributed by atoms with Crippen molar-refractivity contribution in [1.29, 1.82) is 0 Å². The van der Waals surface area contributed by atoms with Crippen LogP contribution in [0.3, 0.4) is 0 Å². The molecule has 0 aliphatic carbocycles. The van der Waals surface area contributed by atoms with Crippen LogP contribution >= 0.6 is 11.6 Å². The van der Waals surface area contributed by atoms with Crippen molar-refractivity contribution < 1.29 is 0 Å². The molecule has 1 aromatic rings. The lowest BCUT2D eigenvalue weighted by Crippen LogP contribution is -2.24. The first kappa shape index (κ1) is 10.6. The molecule has 0 amide bonds. The number of rotatable bonds is 4. The average molecular weight is 198 g/mol. The van der Waals surface area contributed by atoms with E-state index in [2.05, 4.69) is 25.2 Å². The topological polar surface area (TPSA) is 12.0 Å². The highest BCUT2D eigenvalue weighted by molar-refractivity contribution is 6.30. The predicted octanol–water partition coefficient (Wildman–Crippen LogP) is 2.88. The van der Waals surface area contributed by atoms with E-state index in [1.165, 1.54) is 5.56 Å². The van der Waals surface area contributed by atoms with Crippen molar-refractivity contribution in [3.8, 4) is 0 Å². The van der Waals surface area contributed by atoms with E-state index in [-0.39, 0.29) is 0 Å². The molecule has 0 aliphatic heterocycles. The minimum atomic E-state index is 0.555. The molecule has 1 rings (SSSR count). The van der Waals surface area contributed by atoms with Gasteiger partial charge in [0, 0.05) is 11.1 Å². The number of halogens is 1. The SMILES string of the molecule is CC(C)NCCc1cccc(Cl)c1. The van der Waals surface area contributed by atoms with E-state index in [9.17, 15) is 0 Å². The van der Waals surface area contributed by atoms with Crippen molar-refractivity contribution in [2.24, 2.45) is 0 Å². The maximum Gasteiger partial charge on any atom is 0.0408 e. The molecule has 0 saturated heterocycles. The van der Waals surface area contributed by atoms with E-state index in [1.807, 2.05) is 18.2 Å². The molecule has 0 spiro atoms. The Balaban J connectivity index is 2.37. The summed E-state index contributed by atoms with van der Waals surface area (Å²) >= 11 is 5.87. The average Bonchev–Trinajstić information content (AvgIpc) is 2.03. The minimum Gasteiger partial charge on any atom is -0.314 e. The normalized spacial score (nSPS) is 10.8. The number of hydrogen-bond acceptors (Lipinski definition) is 1. The van der Waals surface area contributed by atoms with Crippen LogP contribution in [0.4, 0.5) is 0 Å². The van der Waals surface area contributed by atoms with Gasteiger partial charge in [0.25, 0.3) is 0 Å². The van der Waals surface area contributed by atoms with E-state index >= 15 is 0 Å². The standard InChI is InChI=1S/C11H16ClN/c1-9(2)13-7-6-10-4-3-5-11(12)8-10/h3-5,8-9,13H,6-7H2,1-2H3. The molecule has 1 nitrogen and oxygen atoms in total. The molecule has 1 N–H and O–H groups in total. The largest absolute Gasteiger partial charge is 0.314 e. The lowest BCUT2D eigenvalue weighted by atomic mass is 10.1. The first-order valence-electron chi connectivity index (χ1n) is 4.66. The first-order chi connectivity index (χ1) is 6.18. The van der Waals surface area contributed by atoms with Crippen molar-refractivity contribution in [2.75, 3.05) is 6.54 Å². The Morgan fingerprint density at radius 1 is 1.38 bits per heavy atom. The van der Waals surface area contributed by atoms with E-state index in [0.717, 1.165) is 18.0 Å². The van der Waals surface area contributed by atoms with Gasteiger partial charge in [0.15, 0.2) is 0 Å². The summed E-state index contributed by atoms with van der Waals surface area (Å²) in [5.74, 6) is 0. The fraction of sp³-hybridized carbons (Fsp3) is 0.455. The molecule has 72 valence electrons. The van der Waals surface area contributed by atoms with E-state index < -0.39 is 0 Å². The van der Waals surface area contributed by atoms with Crippen LogP contribution in [0.5, 0.6) is 0 Å². The summed E-state index contributed by atoms with van der Waals surface area (Å²) in [6, 6.07) is 8.57. The maximum absolute atomic E-state index is 5.87. The molecule has 0 heterocycles.